The van der Waals surface area contributed by atoms with E-state index in [2.05, 4.69) is 10.6 Å². The van der Waals surface area contributed by atoms with Crippen molar-refractivity contribution in [1.82, 2.24) is 14.5 Å². The molecule has 3 rings (SSSR count). The highest BCUT2D eigenvalue weighted by atomic mass is 32.2. The van der Waals surface area contributed by atoms with Crippen LogP contribution in [0.15, 0.2) is 59.5 Å². The number of carbonyl (C=O) groups is 1. The van der Waals surface area contributed by atoms with Gasteiger partial charge in [0.2, 0.25) is 10.0 Å². The number of urea groups is 1. The van der Waals surface area contributed by atoms with Crippen LogP contribution < -0.4 is 10.6 Å². The fourth-order valence-electron chi connectivity index (χ4n) is 3.75. The molecule has 31 heavy (non-hydrogen) atoms. The van der Waals surface area contributed by atoms with E-state index in [1.807, 2.05) is 49.3 Å². The highest BCUT2D eigenvalue weighted by Crippen LogP contribution is 2.22. The van der Waals surface area contributed by atoms with Crippen molar-refractivity contribution in [3.05, 3.63) is 60.2 Å². The number of benzene rings is 2. The van der Waals surface area contributed by atoms with Gasteiger partial charge in [-0.25, -0.2) is 13.2 Å². The van der Waals surface area contributed by atoms with Crippen LogP contribution in [0.2, 0.25) is 0 Å². The average molecular weight is 445 g/mol. The molecular formula is C23H32N4O3S. The van der Waals surface area contributed by atoms with E-state index < -0.39 is 10.0 Å². The number of rotatable bonds is 7. The Morgan fingerprint density at radius 3 is 2.16 bits per heavy atom. The molecule has 1 atom stereocenters. The maximum Gasteiger partial charge on any atom is 0.319 e. The van der Waals surface area contributed by atoms with Crippen LogP contribution in [-0.4, -0.2) is 57.4 Å². The number of nitrogens with zero attached hydrogens (tertiary/aromatic N) is 2. The van der Waals surface area contributed by atoms with Crippen molar-refractivity contribution in [2.75, 3.05) is 39.0 Å². The molecule has 0 bridgehead atoms. The molecule has 1 aliphatic rings. The van der Waals surface area contributed by atoms with Crippen LogP contribution in [-0.2, 0) is 10.0 Å². The lowest BCUT2D eigenvalue weighted by molar-refractivity contribution is 0.244. The third-order valence-electron chi connectivity index (χ3n) is 5.37. The van der Waals surface area contributed by atoms with Gasteiger partial charge in [-0.05, 0) is 56.8 Å². The summed E-state index contributed by atoms with van der Waals surface area (Å²) in [6.45, 7) is 1.79. The van der Waals surface area contributed by atoms with Crippen LogP contribution in [0.3, 0.4) is 0 Å². The summed E-state index contributed by atoms with van der Waals surface area (Å²) in [4.78, 5) is 14.9. The highest BCUT2D eigenvalue weighted by molar-refractivity contribution is 7.89. The Hall–Kier alpha value is -2.42. The van der Waals surface area contributed by atoms with Gasteiger partial charge in [0.05, 0.1) is 10.9 Å². The summed E-state index contributed by atoms with van der Waals surface area (Å²) in [5, 5.41) is 5.81. The Kier molecular flexibility index (Phi) is 8.06. The lowest BCUT2D eigenvalue weighted by Crippen LogP contribution is -2.37. The molecule has 1 aliphatic heterocycles. The van der Waals surface area contributed by atoms with E-state index in [0.717, 1.165) is 31.2 Å². The highest BCUT2D eigenvalue weighted by Gasteiger charge is 2.25. The summed E-state index contributed by atoms with van der Waals surface area (Å²) in [6.07, 6.45) is 3.94. The molecule has 0 aliphatic carbocycles. The van der Waals surface area contributed by atoms with E-state index in [1.54, 1.807) is 28.6 Å². The van der Waals surface area contributed by atoms with Crippen molar-refractivity contribution in [3.63, 3.8) is 0 Å². The van der Waals surface area contributed by atoms with Crippen molar-refractivity contribution in [3.8, 4) is 0 Å². The lowest BCUT2D eigenvalue weighted by atomic mass is 10.1. The van der Waals surface area contributed by atoms with E-state index in [4.69, 9.17) is 0 Å². The zero-order valence-corrected chi connectivity index (χ0v) is 19.1. The van der Waals surface area contributed by atoms with Crippen LogP contribution >= 0.6 is 0 Å². The topological polar surface area (TPSA) is 81.8 Å². The van der Waals surface area contributed by atoms with Crippen LogP contribution in [0.1, 0.15) is 37.3 Å². The number of nitrogens with one attached hydrogen (secondary N) is 2. The first-order chi connectivity index (χ1) is 14.9. The second-order valence-corrected chi connectivity index (χ2v) is 10.1. The van der Waals surface area contributed by atoms with Gasteiger partial charge >= 0.3 is 6.03 Å². The van der Waals surface area contributed by atoms with Crippen LogP contribution in [0.25, 0.3) is 0 Å². The maximum absolute atomic E-state index is 12.9. The normalized spacial score (nSPS) is 16.5. The van der Waals surface area contributed by atoms with Crippen LogP contribution in [0.5, 0.6) is 0 Å². The predicted molar refractivity (Wildman–Crippen MR) is 124 cm³/mol. The zero-order valence-electron chi connectivity index (χ0n) is 18.3. The Morgan fingerprint density at radius 2 is 1.58 bits per heavy atom. The Labute approximate surface area is 185 Å². The smallest absolute Gasteiger partial charge is 0.319 e. The van der Waals surface area contributed by atoms with Gasteiger partial charge in [-0.15, -0.1) is 0 Å². The van der Waals surface area contributed by atoms with Crippen molar-refractivity contribution < 1.29 is 13.2 Å². The molecule has 0 radical (unpaired) electrons. The van der Waals surface area contributed by atoms with Gasteiger partial charge in [-0.1, -0.05) is 43.2 Å². The van der Waals surface area contributed by atoms with Gasteiger partial charge in [0.25, 0.3) is 0 Å². The summed E-state index contributed by atoms with van der Waals surface area (Å²) in [5.41, 5.74) is 1.56. The lowest BCUT2D eigenvalue weighted by Gasteiger charge is -2.23. The minimum absolute atomic E-state index is 0.168. The molecule has 1 unspecified atom stereocenters. The van der Waals surface area contributed by atoms with Crippen molar-refractivity contribution in [1.29, 1.82) is 0 Å². The number of sulfonamides is 1. The first kappa shape index (κ1) is 23.2. The second kappa shape index (κ2) is 10.7. The molecule has 2 amide bonds. The number of likely N-dealkylation sites (N-methyl/N-ethyl adjacent to an activating group) is 1. The number of carbonyl (C=O) groups excluding carboxylic acids is 1. The first-order valence-corrected chi connectivity index (χ1v) is 12.2. The summed E-state index contributed by atoms with van der Waals surface area (Å²) in [7, 11) is 0.415. The van der Waals surface area contributed by atoms with E-state index in [0.29, 0.717) is 25.3 Å². The Bertz CT molecular complexity index is 939. The van der Waals surface area contributed by atoms with E-state index in [-0.39, 0.29) is 17.0 Å². The average Bonchev–Trinajstić information content (AvgIpc) is 3.04. The molecule has 168 valence electrons. The van der Waals surface area contributed by atoms with E-state index in [9.17, 15) is 13.2 Å². The molecule has 1 fully saturated rings. The summed E-state index contributed by atoms with van der Waals surface area (Å²) >= 11 is 0. The van der Waals surface area contributed by atoms with Gasteiger partial charge in [0, 0.05) is 25.3 Å². The maximum atomic E-state index is 12.9. The fourth-order valence-corrected chi connectivity index (χ4v) is 5.27. The molecule has 1 saturated heterocycles. The Morgan fingerprint density at radius 1 is 0.968 bits per heavy atom. The SMILES string of the molecule is CN(C)CC(NC(=O)Nc1ccc(S(=O)(=O)N2CCCCCC2)cc1)c1ccccc1. The zero-order chi connectivity index (χ0) is 22.3. The molecule has 1 heterocycles. The molecule has 2 aromatic rings. The van der Waals surface area contributed by atoms with E-state index in [1.165, 1.54) is 0 Å². The van der Waals surface area contributed by atoms with Gasteiger partial charge in [-0.2, -0.15) is 4.31 Å². The summed E-state index contributed by atoms with van der Waals surface area (Å²) in [6, 6.07) is 15.7. The minimum atomic E-state index is -3.50. The molecular weight excluding hydrogens is 412 g/mol. The largest absolute Gasteiger partial charge is 0.330 e. The molecule has 0 spiro atoms. The summed E-state index contributed by atoms with van der Waals surface area (Å²) in [5.74, 6) is 0. The van der Waals surface area contributed by atoms with Crippen molar-refractivity contribution in [2.24, 2.45) is 0 Å². The third-order valence-corrected chi connectivity index (χ3v) is 7.28. The Balaban J connectivity index is 1.65. The molecule has 8 heteroatoms. The second-order valence-electron chi connectivity index (χ2n) is 8.17. The van der Waals surface area contributed by atoms with Crippen LogP contribution in [0, 0.1) is 0 Å². The van der Waals surface area contributed by atoms with Crippen molar-refractivity contribution >= 4 is 21.7 Å². The van der Waals surface area contributed by atoms with Gasteiger partial charge in [0.15, 0.2) is 0 Å². The molecule has 2 aromatic carbocycles. The van der Waals surface area contributed by atoms with Crippen LogP contribution in [0.4, 0.5) is 10.5 Å². The number of hydrogen-bond donors (Lipinski definition) is 2. The number of amides is 2. The number of hydrogen-bond acceptors (Lipinski definition) is 4. The summed E-state index contributed by atoms with van der Waals surface area (Å²) < 4.78 is 27.4. The fraction of sp³-hybridized carbons (Fsp3) is 0.435. The molecule has 7 nitrogen and oxygen atoms in total. The quantitative estimate of drug-likeness (QED) is 0.683. The van der Waals surface area contributed by atoms with E-state index >= 15 is 0 Å². The third kappa shape index (κ3) is 6.53. The number of anilines is 1. The molecule has 0 aromatic heterocycles. The van der Waals surface area contributed by atoms with Gasteiger partial charge in [-0.3, -0.25) is 0 Å². The first-order valence-electron chi connectivity index (χ1n) is 10.7. The molecule has 0 saturated carbocycles. The molecule has 2 N–H and O–H groups in total. The monoisotopic (exact) mass is 444 g/mol. The standard InChI is InChI=1S/C23H32N4O3S/c1-26(2)18-22(19-10-6-5-7-11-19)25-23(28)24-20-12-14-21(15-13-20)31(29,30)27-16-8-3-4-9-17-27/h5-7,10-15,22H,3-4,8-9,16-18H2,1-2H3,(H2,24,25,28). The van der Waals surface area contributed by atoms with Gasteiger partial charge in [0.1, 0.15) is 0 Å². The van der Waals surface area contributed by atoms with Crippen molar-refractivity contribution in [2.45, 2.75) is 36.6 Å². The minimum Gasteiger partial charge on any atom is -0.330 e. The van der Waals surface area contributed by atoms with Gasteiger partial charge < -0.3 is 15.5 Å². The predicted octanol–water partition coefficient (Wildman–Crippen LogP) is 3.68.